The van der Waals surface area contributed by atoms with Gasteiger partial charge in [0.25, 0.3) is 0 Å². The Morgan fingerprint density at radius 3 is 2.90 bits per heavy atom. The van der Waals surface area contributed by atoms with Crippen LogP contribution in [0.1, 0.15) is 5.56 Å². The Balaban J connectivity index is 1.81. The second-order valence-corrected chi connectivity index (χ2v) is 4.54. The molecule has 21 heavy (non-hydrogen) atoms. The highest BCUT2D eigenvalue weighted by atomic mass is 19.1. The van der Waals surface area contributed by atoms with Crippen molar-refractivity contribution in [2.24, 2.45) is 0 Å². The highest BCUT2D eigenvalue weighted by Crippen LogP contribution is 2.19. The minimum atomic E-state index is -0.382. The number of anilines is 1. The van der Waals surface area contributed by atoms with E-state index in [9.17, 15) is 4.39 Å². The predicted octanol–water partition coefficient (Wildman–Crippen LogP) is 1.30. The van der Waals surface area contributed by atoms with Crippen LogP contribution in [0.4, 0.5) is 10.2 Å². The summed E-state index contributed by atoms with van der Waals surface area (Å²) < 4.78 is 19.9. The lowest BCUT2D eigenvalue weighted by molar-refractivity contribution is 0.386. The Bertz CT molecular complexity index is 774. The Hall–Kier alpha value is -2.77. The zero-order chi connectivity index (χ0) is 14.8. The average Bonchev–Trinajstić information content (AvgIpc) is 2.94. The third-order valence-corrected chi connectivity index (χ3v) is 3.08. The number of hydrogen-bond donors (Lipinski definition) is 0. The lowest BCUT2D eigenvalue weighted by Gasteiger charge is -2.18. The molecule has 3 rings (SSSR count). The van der Waals surface area contributed by atoms with E-state index in [0.717, 1.165) is 5.56 Å². The van der Waals surface area contributed by atoms with Crippen molar-refractivity contribution < 1.29 is 9.13 Å². The molecule has 7 nitrogen and oxygen atoms in total. The van der Waals surface area contributed by atoms with Gasteiger partial charge in [-0.25, -0.2) is 4.39 Å². The molecule has 1 aromatic carbocycles. The number of aromatic nitrogens is 5. The molecule has 0 atom stereocenters. The molecule has 0 saturated heterocycles. The van der Waals surface area contributed by atoms with E-state index in [1.54, 1.807) is 12.1 Å². The molecule has 0 N–H and O–H groups in total. The second-order valence-electron chi connectivity index (χ2n) is 4.54. The first-order chi connectivity index (χ1) is 10.2. The molecule has 0 spiro atoms. The topological polar surface area (TPSA) is 68.4 Å². The highest BCUT2D eigenvalue weighted by Gasteiger charge is 2.09. The third kappa shape index (κ3) is 2.60. The van der Waals surface area contributed by atoms with Gasteiger partial charge in [0.2, 0.25) is 0 Å². The molecule has 0 unspecified atom stereocenters. The number of halogens is 1. The smallest absolute Gasteiger partial charge is 0.200 e. The number of fused-ring (bicyclic) bond motifs is 1. The lowest BCUT2D eigenvalue weighted by Crippen LogP contribution is -2.19. The van der Waals surface area contributed by atoms with Crippen LogP contribution in [-0.2, 0) is 6.54 Å². The molecule has 0 bridgehead atoms. The van der Waals surface area contributed by atoms with Crippen LogP contribution in [0.25, 0.3) is 5.65 Å². The van der Waals surface area contributed by atoms with E-state index in [1.807, 2.05) is 24.1 Å². The summed E-state index contributed by atoms with van der Waals surface area (Å²) in [5.74, 6) is 0.535. The molecule has 0 aliphatic carbocycles. The Morgan fingerprint density at radius 2 is 2.14 bits per heavy atom. The summed E-state index contributed by atoms with van der Waals surface area (Å²) in [5, 5.41) is 15.3. The molecule has 2 aromatic heterocycles. The maximum Gasteiger partial charge on any atom is 0.200 e. The van der Waals surface area contributed by atoms with E-state index in [4.69, 9.17) is 4.74 Å². The van der Waals surface area contributed by atoms with Gasteiger partial charge in [-0.3, -0.25) is 0 Å². The Labute approximate surface area is 119 Å². The van der Waals surface area contributed by atoms with Crippen molar-refractivity contribution in [2.75, 3.05) is 19.1 Å². The normalized spacial score (nSPS) is 10.8. The predicted molar refractivity (Wildman–Crippen MR) is 73.6 cm³/mol. The van der Waals surface area contributed by atoms with Crippen LogP contribution in [0.5, 0.6) is 5.75 Å². The van der Waals surface area contributed by atoms with Crippen molar-refractivity contribution in [3.63, 3.8) is 0 Å². The second kappa shape index (κ2) is 5.31. The maximum absolute atomic E-state index is 13.7. The zero-order valence-corrected chi connectivity index (χ0v) is 11.6. The average molecular weight is 288 g/mol. The molecule has 0 fully saturated rings. The van der Waals surface area contributed by atoms with E-state index in [-0.39, 0.29) is 11.6 Å². The van der Waals surface area contributed by atoms with Crippen molar-refractivity contribution in [3.8, 4) is 5.75 Å². The van der Waals surface area contributed by atoms with Gasteiger partial charge < -0.3 is 9.64 Å². The van der Waals surface area contributed by atoms with Crippen molar-refractivity contribution >= 4 is 11.5 Å². The summed E-state index contributed by atoms with van der Waals surface area (Å²) in [5.41, 5.74) is 1.39. The van der Waals surface area contributed by atoms with Gasteiger partial charge in [-0.05, 0) is 40.3 Å². The van der Waals surface area contributed by atoms with Gasteiger partial charge in [-0.2, -0.15) is 0 Å². The van der Waals surface area contributed by atoms with Gasteiger partial charge in [-0.1, -0.05) is 6.07 Å². The number of rotatable bonds is 4. The van der Waals surface area contributed by atoms with Gasteiger partial charge in [0.05, 0.1) is 7.11 Å². The van der Waals surface area contributed by atoms with Crippen LogP contribution < -0.4 is 9.64 Å². The molecule has 0 aliphatic heterocycles. The van der Waals surface area contributed by atoms with Gasteiger partial charge in [0.15, 0.2) is 23.0 Å². The van der Waals surface area contributed by atoms with Crippen molar-refractivity contribution in [2.45, 2.75) is 6.54 Å². The molecule has 0 radical (unpaired) electrons. The van der Waals surface area contributed by atoms with E-state index >= 15 is 0 Å². The zero-order valence-electron chi connectivity index (χ0n) is 11.6. The van der Waals surface area contributed by atoms with Crippen molar-refractivity contribution in [3.05, 3.63) is 41.7 Å². The minimum absolute atomic E-state index is 0.231. The first-order valence-electron chi connectivity index (χ1n) is 6.26. The van der Waals surface area contributed by atoms with Gasteiger partial charge in [0, 0.05) is 13.6 Å². The van der Waals surface area contributed by atoms with Crippen LogP contribution in [0.2, 0.25) is 0 Å². The Morgan fingerprint density at radius 1 is 1.29 bits per heavy atom. The maximum atomic E-state index is 13.7. The fourth-order valence-corrected chi connectivity index (χ4v) is 2.01. The van der Waals surface area contributed by atoms with Gasteiger partial charge >= 0.3 is 0 Å². The summed E-state index contributed by atoms with van der Waals surface area (Å²) in [6.45, 7) is 0.502. The first kappa shape index (κ1) is 13.2. The number of hydrogen-bond acceptors (Lipinski definition) is 6. The molecule has 108 valence electrons. The van der Waals surface area contributed by atoms with E-state index in [2.05, 4.69) is 20.6 Å². The fraction of sp³-hybridized carbons (Fsp3) is 0.231. The van der Waals surface area contributed by atoms with E-state index < -0.39 is 0 Å². The number of benzene rings is 1. The van der Waals surface area contributed by atoms with Crippen LogP contribution in [0.3, 0.4) is 0 Å². The molecular formula is C13H13FN6O. The van der Waals surface area contributed by atoms with Crippen molar-refractivity contribution in [1.29, 1.82) is 0 Å². The third-order valence-electron chi connectivity index (χ3n) is 3.08. The summed E-state index contributed by atoms with van der Waals surface area (Å²) >= 11 is 0. The molecule has 2 heterocycles. The standard InChI is InChI=1S/C13H13FN6O/c1-19(8-9-3-4-11(21-2)10(14)7-9)13-6-5-12-15-17-18-20(12)16-13/h3-7H,8H2,1-2H3. The largest absolute Gasteiger partial charge is 0.494 e. The number of tetrazole rings is 1. The summed E-state index contributed by atoms with van der Waals surface area (Å²) in [6.07, 6.45) is 0. The monoisotopic (exact) mass is 288 g/mol. The summed E-state index contributed by atoms with van der Waals surface area (Å²) in [4.78, 5) is 1.88. The van der Waals surface area contributed by atoms with Crippen molar-refractivity contribution in [1.82, 2.24) is 25.3 Å². The van der Waals surface area contributed by atoms with E-state index in [0.29, 0.717) is 18.0 Å². The van der Waals surface area contributed by atoms with Crippen LogP contribution >= 0.6 is 0 Å². The SMILES string of the molecule is COc1ccc(CN(C)c2ccc3nnnn3n2)cc1F. The van der Waals surface area contributed by atoms with E-state index in [1.165, 1.54) is 17.8 Å². The molecule has 8 heteroatoms. The highest BCUT2D eigenvalue weighted by molar-refractivity contribution is 5.44. The van der Waals surface area contributed by atoms with Gasteiger partial charge in [-0.15, -0.1) is 14.8 Å². The molecule has 0 saturated carbocycles. The summed E-state index contributed by atoms with van der Waals surface area (Å²) in [7, 11) is 3.30. The first-order valence-corrected chi connectivity index (χ1v) is 6.26. The lowest BCUT2D eigenvalue weighted by atomic mass is 10.2. The van der Waals surface area contributed by atoms with Crippen LogP contribution in [0, 0.1) is 5.82 Å². The number of nitrogens with zero attached hydrogens (tertiary/aromatic N) is 6. The molecular weight excluding hydrogens is 275 g/mol. The van der Waals surface area contributed by atoms with Crippen LogP contribution in [-0.4, -0.2) is 39.4 Å². The Kier molecular flexibility index (Phi) is 3.35. The fourth-order valence-electron chi connectivity index (χ4n) is 2.01. The minimum Gasteiger partial charge on any atom is -0.494 e. The molecule has 0 aliphatic rings. The number of ether oxygens (including phenoxy) is 1. The summed E-state index contributed by atoms with van der Waals surface area (Å²) in [6, 6.07) is 8.45. The quantitative estimate of drug-likeness (QED) is 0.721. The molecule has 0 amide bonds. The van der Waals surface area contributed by atoms with Gasteiger partial charge in [0.1, 0.15) is 0 Å². The number of methoxy groups -OCH3 is 1. The molecule has 3 aromatic rings. The van der Waals surface area contributed by atoms with Crippen LogP contribution in [0.15, 0.2) is 30.3 Å².